The van der Waals surface area contributed by atoms with Gasteiger partial charge in [0.05, 0.1) is 11.0 Å². The van der Waals surface area contributed by atoms with Gasteiger partial charge >= 0.3 is 5.69 Å². The van der Waals surface area contributed by atoms with Crippen LogP contribution >= 0.6 is 0 Å². The van der Waals surface area contributed by atoms with Crippen molar-refractivity contribution >= 4 is 11.0 Å². The highest BCUT2D eigenvalue weighted by molar-refractivity contribution is 5.81. The third-order valence-corrected chi connectivity index (χ3v) is 5.56. The molecule has 0 spiro atoms. The van der Waals surface area contributed by atoms with Crippen LogP contribution in [-0.2, 0) is 0 Å². The minimum Gasteiger partial charge on any atom is -0.334 e. The fraction of sp³-hybridized carbons (Fsp3) is 0.318. The van der Waals surface area contributed by atoms with E-state index in [1.54, 1.807) is 0 Å². The van der Waals surface area contributed by atoms with E-state index in [2.05, 4.69) is 21.2 Å². The van der Waals surface area contributed by atoms with Crippen LogP contribution in [0, 0.1) is 13.8 Å². The van der Waals surface area contributed by atoms with Gasteiger partial charge in [0.1, 0.15) is 0 Å². The van der Waals surface area contributed by atoms with Crippen molar-refractivity contribution in [3.63, 3.8) is 0 Å². The summed E-state index contributed by atoms with van der Waals surface area (Å²) in [5.74, 6) is 1.02. The molecule has 1 saturated carbocycles. The number of nitrogens with zero attached hydrogens (tertiary/aromatic N) is 3. The Morgan fingerprint density at radius 3 is 2.54 bits per heavy atom. The molecule has 0 bridgehead atoms. The van der Waals surface area contributed by atoms with Crippen LogP contribution in [-0.4, -0.2) is 19.7 Å². The third-order valence-electron chi connectivity index (χ3n) is 5.56. The van der Waals surface area contributed by atoms with Gasteiger partial charge in [-0.2, -0.15) is 4.98 Å². The zero-order chi connectivity index (χ0) is 19.3. The van der Waals surface area contributed by atoms with Crippen LogP contribution in [0.15, 0.2) is 45.7 Å². The Hall–Kier alpha value is -3.15. The summed E-state index contributed by atoms with van der Waals surface area (Å²) in [6.45, 7) is 4.10. The van der Waals surface area contributed by atoms with E-state index < -0.39 is 0 Å². The van der Waals surface area contributed by atoms with E-state index >= 15 is 0 Å². The summed E-state index contributed by atoms with van der Waals surface area (Å²) in [5.41, 5.74) is 5.77. The maximum absolute atomic E-state index is 12.5. The number of aromatic amines is 1. The lowest BCUT2D eigenvalue weighted by Gasteiger charge is -2.11. The highest BCUT2D eigenvalue weighted by Gasteiger charge is 2.21. The van der Waals surface area contributed by atoms with Gasteiger partial charge in [-0.3, -0.25) is 4.57 Å². The fourth-order valence-electron chi connectivity index (χ4n) is 4.35. The first-order chi connectivity index (χ1) is 13.6. The number of benzene rings is 2. The van der Waals surface area contributed by atoms with E-state index in [1.807, 2.05) is 48.7 Å². The van der Waals surface area contributed by atoms with E-state index in [0.717, 1.165) is 46.1 Å². The Bertz CT molecular complexity index is 1200. The Balaban J connectivity index is 1.53. The first-order valence-electron chi connectivity index (χ1n) is 9.75. The second-order valence-corrected chi connectivity index (χ2v) is 7.77. The van der Waals surface area contributed by atoms with Gasteiger partial charge in [0.2, 0.25) is 5.82 Å². The molecule has 1 aliphatic carbocycles. The second kappa shape index (κ2) is 6.48. The van der Waals surface area contributed by atoms with Crippen LogP contribution < -0.4 is 5.69 Å². The molecule has 0 radical (unpaired) electrons. The topological polar surface area (TPSA) is 76.7 Å². The van der Waals surface area contributed by atoms with Crippen molar-refractivity contribution in [2.24, 2.45) is 0 Å². The number of aryl methyl sites for hydroxylation is 2. The Kier molecular flexibility index (Phi) is 3.93. The smallest absolute Gasteiger partial charge is 0.326 e. The minimum absolute atomic E-state index is 0.0388. The Morgan fingerprint density at radius 1 is 1.04 bits per heavy atom. The molecule has 1 aliphatic rings. The van der Waals surface area contributed by atoms with Crippen LogP contribution in [0.3, 0.4) is 0 Å². The average Bonchev–Trinajstić information content (AvgIpc) is 3.39. The van der Waals surface area contributed by atoms with Gasteiger partial charge in [0.15, 0.2) is 0 Å². The average molecular weight is 374 g/mol. The van der Waals surface area contributed by atoms with Gasteiger partial charge in [0, 0.05) is 17.2 Å². The number of imidazole rings is 1. The van der Waals surface area contributed by atoms with E-state index in [-0.39, 0.29) is 5.69 Å². The number of nitrogens with one attached hydrogen (secondary N) is 1. The number of H-pyrrole nitrogens is 1. The third kappa shape index (κ3) is 2.85. The summed E-state index contributed by atoms with van der Waals surface area (Å²) in [5, 5.41) is 4.15. The monoisotopic (exact) mass is 374 g/mol. The van der Waals surface area contributed by atoms with Crippen molar-refractivity contribution in [2.75, 3.05) is 0 Å². The minimum atomic E-state index is -0.0388. The van der Waals surface area contributed by atoms with Crippen LogP contribution in [0.5, 0.6) is 0 Å². The predicted octanol–water partition coefficient (Wildman–Crippen LogP) is 4.78. The molecule has 0 atom stereocenters. The fourth-order valence-corrected chi connectivity index (χ4v) is 4.35. The van der Waals surface area contributed by atoms with E-state index in [4.69, 9.17) is 4.52 Å². The van der Waals surface area contributed by atoms with Gasteiger partial charge in [-0.25, -0.2) is 4.79 Å². The summed E-state index contributed by atoms with van der Waals surface area (Å²) in [6, 6.07) is 12.3. The van der Waals surface area contributed by atoms with E-state index in [1.165, 1.54) is 12.8 Å². The van der Waals surface area contributed by atoms with Gasteiger partial charge in [0.25, 0.3) is 5.89 Å². The normalized spacial score (nSPS) is 14.9. The molecule has 4 aromatic rings. The molecule has 5 rings (SSSR count). The standard InChI is InChI=1S/C22H22N4O2/c1-13-9-14(2)11-16(10-13)21-24-20(25-28-21)15-7-8-19-18(12-15)23-22(27)26(19)17-5-3-4-6-17/h7-12,17H,3-6H2,1-2H3,(H,23,27). The zero-order valence-corrected chi connectivity index (χ0v) is 16.0. The van der Waals surface area contributed by atoms with Crippen molar-refractivity contribution in [1.29, 1.82) is 0 Å². The van der Waals surface area contributed by atoms with Crippen molar-refractivity contribution < 1.29 is 4.52 Å². The molecule has 0 saturated heterocycles. The molecule has 142 valence electrons. The summed E-state index contributed by atoms with van der Waals surface area (Å²) >= 11 is 0. The first kappa shape index (κ1) is 17.0. The number of fused-ring (bicyclic) bond motifs is 1. The van der Waals surface area contributed by atoms with Crippen LogP contribution in [0.4, 0.5) is 0 Å². The molecule has 28 heavy (non-hydrogen) atoms. The first-order valence-corrected chi connectivity index (χ1v) is 9.75. The largest absolute Gasteiger partial charge is 0.334 e. The molecule has 0 amide bonds. The molecule has 2 aromatic heterocycles. The van der Waals surface area contributed by atoms with Gasteiger partial charge in [-0.05, 0) is 57.0 Å². The summed E-state index contributed by atoms with van der Waals surface area (Å²) in [6.07, 6.45) is 4.51. The molecule has 6 heteroatoms. The Labute approximate surface area is 162 Å². The maximum atomic E-state index is 12.5. The van der Waals surface area contributed by atoms with Gasteiger partial charge in [-0.1, -0.05) is 35.2 Å². The lowest BCUT2D eigenvalue weighted by atomic mass is 10.1. The quantitative estimate of drug-likeness (QED) is 0.560. The summed E-state index contributed by atoms with van der Waals surface area (Å²) < 4.78 is 7.41. The molecule has 2 aromatic carbocycles. The molecule has 6 nitrogen and oxygen atoms in total. The maximum Gasteiger partial charge on any atom is 0.326 e. The predicted molar refractivity (Wildman–Crippen MR) is 108 cm³/mol. The number of aromatic nitrogens is 4. The van der Waals surface area contributed by atoms with Crippen LogP contribution in [0.25, 0.3) is 33.9 Å². The Morgan fingerprint density at radius 2 is 1.79 bits per heavy atom. The number of hydrogen-bond donors (Lipinski definition) is 1. The molecule has 1 fully saturated rings. The molecule has 0 aliphatic heterocycles. The molecular formula is C22H22N4O2. The van der Waals surface area contributed by atoms with Crippen LogP contribution in [0.2, 0.25) is 0 Å². The van der Waals surface area contributed by atoms with Gasteiger partial charge < -0.3 is 9.51 Å². The van der Waals surface area contributed by atoms with Crippen LogP contribution in [0.1, 0.15) is 42.9 Å². The highest BCUT2D eigenvalue weighted by atomic mass is 16.5. The van der Waals surface area contributed by atoms with Crippen molar-refractivity contribution in [3.05, 3.63) is 58.0 Å². The molecular weight excluding hydrogens is 352 g/mol. The highest BCUT2D eigenvalue weighted by Crippen LogP contribution is 2.32. The number of rotatable bonds is 3. The molecule has 0 unspecified atom stereocenters. The second-order valence-electron chi connectivity index (χ2n) is 7.77. The SMILES string of the molecule is Cc1cc(C)cc(-c2nc(-c3ccc4c(c3)[nH]c(=O)n4C3CCCC3)no2)c1. The number of hydrogen-bond acceptors (Lipinski definition) is 4. The summed E-state index contributed by atoms with van der Waals surface area (Å²) in [4.78, 5) is 20.0. The summed E-state index contributed by atoms with van der Waals surface area (Å²) in [7, 11) is 0. The lowest BCUT2D eigenvalue weighted by molar-refractivity contribution is 0.432. The van der Waals surface area contributed by atoms with Crippen molar-refractivity contribution in [1.82, 2.24) is 19.7 Å². The lowest BCUT2D eigenvalue weighted by Crippen LogP contribution is -2.20. The van der Waals surface area contributed by atoms with Crippen molar-refractivity contribution in [3.8, 4) is 22.8 Å². The molecule has 1 N–H and O–H groups in total. The van der Waals surface area contributed by atoms with Crippen molar-refractivity contribution in [2.45, 2.75) is 45.6 Å². The van der Waals surface area contributed by atoms with E-state index in [9.17, 15) is 4.79 Å². The van der Waals surface area contributed by atoms with E-state index in [0.29, 0.717) is 17.8 Å². The molecule has 2 heterocycles. The van der Waals surface area contributed by atoms with Gasteiger partial charge in [-0.15, -0.1) is 0 Å². The zero-order valence-electron chi connectivity index (χ0n) is 16.0.